The summed E-state index contributed by atoms with van der Waals surface area (Å²) in [5.41, 5.74) is -1.35. The average molecular weight is 133 g/mol. The third-order valence-corrected chi connectivity index (χ3v) is 1.72. The van der Waals surface area contributed by atoms with Crippen LogP contribution in [0.3, 0.4) is 0 Å². The third kappa shape index (κ3) is 1.40. The fourth-order valence-electron chi connectivity index (χ4n) is 1.17. The molecule has 2 atom stereocenters. The van der Waals surface area contributed by atoms with Crippen molar-refractivity contribution in [3.05, 3.63) is 0 Å². The predicted octanol–water partition coefficient (Wildman–Crippen LogP) is 0.0688. The van der Waals surface area contributed by atoms with Crippen molar-refractivity contribution < 1.29 is 9.50 Å². The molecule has 1 saturated heterocycles. The SMILES string of the molecule is CC1C[C@](F)(CO)CN1. The van der Waals surface area contributed by atoms with Crippen LogP contribution in [0.2, 0.25) is 0 Å². The van der Waals surface area contributed by atoms with Gasteiger partial charge in [0.25, 0.3) is 0 Å². The highest BCUT2D eigenvalue weighted by Gasteiger charge is 2.36. The molecule has 0 radical (unpaired) electrons. The van der Waals surface area contributed by atoms with Crippen molar-refractivity contribution in [3.8, 4) is 0 Å². The number of aliphatic hydroxyl groups excluding tert-OH is 1. The zero-order valence-corrected chi connectivity index (χ0v) is 5.52. The lowest BCUT2D eigenvalue weighted by Gasteiger charge is -2.13. The van der Waals surface area contributed by atoms with Crippen molar-refractivity contribution in [3.63, 3.8) is 0 Å². The first-order valence-corrected chi connectivity index (χ1v) is 3.19. The third-order valence-electron chi connectivity index (χ3n) is 1.72. The molecule has 1 rings (SSSR count). The Balaban J connectivity index is 2.45. The maximum absolute atomic E-state index is 13.0. The summed E-state index contributed by atoms with van der Waals surface area (Å²) < 4.78 is 13.0. The molecule has 2 nitrogen and oxygen atoms in total. The number of alkyl halides is 1. The van der Waals surface area contributed by atoms with Crippen LogP contribution in [0.25, 0.3) is 0 Å². The summed E-state index contributed by atoms with van der Waals surface area (Å²) >= 11 is 0. The molecular weight excluding hydrogens is 121 g/mol. The molecule has 0 spiro atoms. The Morgan fingerprint density at radius 1 is 1.89 bits per heavy atom. The molecule has 1 aliphatic heterocycles. The number of hydrogen-bond donors (Lipinski definition) is 2. The molecular formula is C6H12FNO. The Morgan fingerprint density at radius 3 is 2.78 bits per heavy atom. The summed E-state index contributed by atoms with van der Waals surface area (Å²) in [4.78, 5) is 0. The van der Waals surface area contributed by atoms with E-state index in [1.165, 1.54) is 0 Å². The maximum Gasteiger partial charge on any atom is 0.147 e. The van der Waals surface area contributed by atoms with Crippen LogP contribution in [0.4, 0.5) is 4.39 Å². The van der Waals surface area contributed by atoms with E-state index in [1.807, 2.05) is 6.92 Å². The quantitative estimate of drug-likeness (QED) is 0.530. The van der Waals surface area contributed by atoms with Gasteiger partial charge in [0.1, 0.15) is 5.67 Å². The van der Waals surface area contributed by atoms with Gasteiger partial charge < -0.3 is 10.4 Å². The molecule has 1 heterocycles. The van der Waals surface area contributed by atoms with Gasteiger partial charge in [-0.1, -0.05) is 0 Å². The summed E-state index contributed by atoms with van der Waals surface area (Å²) in [5, 5.41) is 11.5. The molecule has 0 aromatic heterocycles. The number of hydrogen-bond acceptors (Lipinski definition) is 2. The molecule has 1 aliphatic rings. The fourth-order valence-corrected chi connectivity index (χ4v) is 1.17. The van der Waals surface area contributed by atoms with E-state index in [9.17, 15) is 4.39 Å². The lowest BCUT2D eigenvalue weighted by Crippen LogP contribution is -2.29. The second kappa shape index (κ2) is 2.23. The standard InChI is InChI=1S/C6H12FNO/c1-5-2-6(7,4-9)3-8-5/h5,8-9H,2-4H2,1H3/t5?,6-/m1/s1. The highest BCUT2D eigenvalue weighted by atomic mass is 19.1. The molecule has 1 fully saturated rings. The Hall–Kier alpha value is -0.150. The van der Waals surface area contributed by atoms with E-state index in [1.54, 1.807) is 0 Å². The van der Waals surface area contributed by atoms with Crippen LogP contribution in [-0.2, 0) is 0 Å². The summed E-state index contributed by atoms with van der Waals surface area (Å²) in [6.45, 7) is 1.85. The Morgan fingerprint density at radius 2 is 2.56 bits per heavy atom. The maximum atomic E-state index is 13.0. The van der Waals surface area contributed by atoms with E-state index in [2.05, 4.69) is 5.32 Å². The summed E-state index contributed by atoms with van der Waals surface area (Å²) in [6.07, 6.45) is 0.434. The van der Waals surface area contributed by atoms with E-state index in [0.717, 1.165) is 0 Å². The molecule has 0 bridgehead atoms. The van der Waals surface area contributed by atoms with Crippen molar-refractivity contribution in [2.75, 3.05) is 13.2 Å². The number of halogens is 1. The van der Waals surface area contributed by atoms with E-state index < -0.39 is 5.67 Å². The Bertz CT molecular complexity index is 109. The van der Waals surface area contributed by atoms with Crippen LogP contribution in [0.15, 0.2) is 0 Å². The molecule has 0 aliphatic carbocycles. The molecule has 0 amide bonds. The van der Waals surface area contributed by atoms with Crippen LogP contribution >= 0.6 is 0 Å². The number of nitrogens with one attached hydrogen (secondary N) is 1. The minimum absolute atomic E-state index is 0.210. The predicted molar refractivity (Wildman–Crippen MR) is 33.0 cm³/mol. The van der Waals surface area contributed by atoms with Crippen molar-refractivity contribution >= 4 is 0 Å². The largest absolute Gasteiger partial charge is 0.393 e. The van der Waals surface area contributed by atoms with Gasteiger partial charge in [-0.05, 0) is 13.3 Å². The van der Waals surface area contributed by atoms with Gasteiger partial charge in [-0.25, -0.2) is 4.39 Å². The first-order chi connectivity index (χ1) is 4.16. The van der Waals surface area contributed by atoms with Crippen molar-refractivity contribution in [1.29, 1.82) is 0 Å². The summed E-state index contributed by atoms with van der Waals surface area (Å²) in [6, 6.07) is 0.210. The van der Waals surface area contributed by atoms with Crippen LogP contribution in [0, 0.1) is 0 Å². The lowest BCUT2D eigenvalue weighted by molar-refractivity contribution is 0.0874. The van der Waals surface area contributed by atoms with Gasteiger partial charge in [-0.3, -0.25) is 0 Å². The molecule has 54 valence electrons. The average Bonchev–Trinajstić information content (AvgIpc) is 2.13. The number of rotatable bonds is 1. The topological polar surface area (TPSA) is 32.3 Å². The molecule has 0 aromatic rings. The summed E-state index contributed by atoms with van der Waals surface area (Å²) in [5.74, 6) is 0. The highest BCUT2D eigenvalue weighted by Crippen LogP contribution is 2.22. The zero-order chi connectivity index (χ0) is 6.91. The van der Waals surface area contributed by atoms with E-state index >= 15 is 0 Å². The van der Waals surface area contributed by atoms with E-state index in [0.29, 0.717) is 13.0 Å². The molecule has 2 N–H and O–H groups in total. The summed E-state index contributed by atoms with van der Waals surface area (Å²) in [7, 11) is 0. The minimum Gasteiger partial charge on any atom is -0.393 e. The zero-order valence-electron chi connectivity index (χ0n) is 5.52. The van der Waals surface area contributed by atoms with Gasteiger partial charge in [-0.2, -0.15) is 0 Å². The Kier molecular flexibility index (Phi) is 1.73. The van der Waals surface area contributed by atoms with E-state index in [4.69, 9.17) is 5.11 Å². The van der Waals surface area contributed by atoms with Gasteiger partial charge in [0.05, 0.1) is 6.61 Å². The van der Waals surface area contributed by atoms with Gasteiger partial charge in [0.15, 0.2) is 0 Å². The van der Waals surface area contributed by atoms with Crippen molar-refractivity contribution in [2.24, 2.45) is 0 Å². The van der Waals surface area contributed by atoms with Gasteiger partial charge in [-0.15, -0.1) is 0 Å². The van der Waals surface area contributed by atoms with Crippen molar-refractivity contribution in [2.45, 2.75) is 25.1 Å². The van der Waals surface area contributed by atoms with Gasteiger partial charge in [0.2, 0.25) is 0 Å². The molecule has 0 saturated carbocycles. The molecule has 9 heavy (non-hydrogen) atoms. The lowest BCUT2D eigenvalue weighted by atomic mass is 10.0. The van der Waals surface area contributed by atoms with Gasteiger partial charge in [0, 0.05) is 12.6 Å². The fraction of sp³-hybridized carbons (Fsp3) is 1.00. The molecule has 0 aromatic carbocycles. The van der Waals surface area contributed by atoms with Crippen LogP contribution in [-0.4, -0.2) is 30.0 Å². The molecule has 3 heteroatoms. The Labute approximate surface area is 54.1 Å². The smallest absolute Gasteiger partial charge is 0.147 e. The van der Waals surface area contributed by atoms with Gasteiger partial charge >= 0.3 is 0 Å². The molecule has 1 unspecified atom stereocenters. The highest BCUT2D eigenvalue weighted by molar-refractivity contribution is 4.91. The van der Waals surface area contributed by atoms with E-state index in [-0.39, 0.29) is 12.6 Å². The van der Waals surface area contributed by atoms with Crippen molar-refractivity contribution in [1.82, 2.24) is 5.32 Å². The minimum atomic E-state index is -1.35. The second-order valence-corrected chi connectivity index (χ2v) is 2.80. The first-order valence-electron chi connectivity index (χ1n) is 3.19. The number of aliphatic hydroxyl groups is 1. The van der Waals surface area contributed by atoms with Crippen LogP contribution < -0.4 is 5.32 Å². The second-order valence-electron chi connectivity index (χ2n) is 2.80. The normalized spacial score (nSPS) is 43.7. The first kappa shape index (κ1) is 6.96. The van der Waals surface area contributed by atoms with Crippen LogP contribution in [0.5, 0.6) is 0 Å². The van der Waals surface area contributed by atoms with Crippen LogP contribution in [0.1, 0.15) is 13.3 Å². The monoisotopic (exact) mass is 133 g/mol.